The molecule has 0 saturated heterocycles. The standard InChI is InChI=1S/C13H17BrClNO4S/c1-4-8(2)12(13(17)20-3)16-21(18,19)11-6-5-9(14)7-10(11)15/h5-8,12,16H,4H2,1-3H3/t8-,12+/m0/s1. The van der Waals surface area contributed by atoms with Crippen LogP contribution in [0.15, 0.2) is 27.6 Å². The number of rotatable bonds is 6. The monoisotopic (exact) mass is 397 g/mol. The van der Waals surface area contributed by atoms with Crippen molar-refractivity contribution in [2.45, 2.75) is 31.2 Å². The molecule has 0 radical (unpaired) electrons. The summed E-state index contributed by atoms with van der Waals surface area (Å²) in [4.78, 5) is 11.7. The number of ether oxygens (including phenoxy) is 1. The summed E-state index contributed by atoms with van der Waals surface area (Å²) in [6.45, 7) is 3.63. The smallest absolute Gasteiger partial charge is 0.324 e. The van der Waals surface area contributed by atoms with Gasteiger partial charge >= 0.3 is 5.97 Å². The minimum Gasteiger partial charge on any atom is -0.468 e. The predicted octanol–water partition coefficient (Wildman–Crippen LogP) is 2.97. The van der Waals surface area contributed by atoms with Crippen molar-refractivity contribution in [3.8, 4) is 0 Å². The Morgan fingerprint density at radius 3 is 2.57 bits per heavy atom. The van der Waals surface area contributed by atoms with Crippen LogP contribution < -0.4 is 4.72 Å². The summed E-state index contributed by atoms with van der Waals surface area (Å²) >= 11 is 9.17. The second-order valence-corrected chi connectivity index (χ2v) is 7.59. The third kappa shape index (κ3) is 4.67. The molecule has 0 amide bonds. The number of carbonyl (C=O) groups is 1. The van der Waals surface area contributed by atoms with E-state index in [1.807, 2.05) is 6.92 Å². The number of carbonyl (C=O) groups excluding carboxylic acids is 1. The molecule has 0 saturated carbocycles. The molecule has 118 valence electrons. The van der Waals surface area contributed by atoms with E-state index >= 15 is 0 Å². The van der Waals surface area contributed by atoms with Gasteiger partial charge in [-0.15, -0.1) is 0 Å². The Bertz CT molecular complexity index is 621. The highest BCUT2D eigenvalue weighted by Gasteiger charge is 2.31. The van der Waals surface area contributed by atoms with Crippen LogP contribution in [0.4, 0.5) is 0 Å². The van der Waals surface area contributed by atoms with Crippen molar-refractivity contribution in [3.63, 3.8) is 0 Å². The maximum atomic E-state index is 12.4. The van der Waals surface area contributed by atoms with Crippen LogP contribution >= 0.6 is 27.5 Å². The molecule has 0 heterocycles. The summed E-state index contributed by atoms with van der Waals surface area (Å²) in [5.74, 6) is -0.831. The molecule has 2 atom stereocenters. The van der Waals surface area contributed by atoms with Crippen molar-refractivity contribution in [1.82, 2.24) is 4.72 Å². The molecule has 1 rings (SSSR count). The quantitative estimate of drug-likeness (QED) is 0.748. The molecule has 0 spiro atoms. The summed E-state index contributed by atoms with van der Waals surface area (Å²) in [7, 11) is -2.70. The van der Waals surface area contributed by atoms with Gasteiger partial charge in [0.05, 0.1) is 12.1 Å². The zero-order chi connectivity index (χ0) is 16.2. The first kappa shape index (κ1) is 18.4. The van der Waals surface area contributed by atoms with E-state index in [9.17, 15) is 13.2 Å². The van der Waals surface area contributed by atoms with Crippen LogP contribution in [0.25, 0.3) is 0 Å². The lowest BCUT2D eigenvalue weighted by Gasteiger charge is -2.22. The molecule has 0 aliphatic rings. The molecule has 1 aromatic carbocycles. The Morgan fingerprint density at radius 1 is 1.48 bits per heavy atom. The van der Waals surface area contributed by atoms with E-state index in [1.165, 1.54) is 19.2 Å². The highest BCUT2D eigenvalue weighted by atomic mass is 79.9. The first-order valence-electron chi connectivity index (χ1n) is 6.28. The molecule has 0 fully saturated rings. The topological polar surface area (TPSA) is 72.5 Å². The molecule has 1 N–H and O–H groups in total. The zero-order valence-electron chi connectivity index (χ0n) is 11.9. The Labute approximate surface area is 138 Å². The highest BCUT2D eigenvalue weighted by Crippen LogP contribution is 2.26. The van der Waals surface area contributed by atoms with Crippen molar-refractivity contribution in [1.29, 1.82) is 0 Å². The summed E-state index contributed by atoms with van der Waals surface area (Å²) < 4.78 is 32.5. The molecular weight excluding hydrogens is 382 g/mol. The van der Waals surface area contributed by atoms with Crippen molar-refractivity contribution >= 4 is 43.5 Å². The van der Waals surface area contributed by atoms with E-state index < -0.39 is 22.0 Å². The molecule has 8 heteroatoms. The number of hydrogen-bond acceptors (Lipinski definition) is 4. The number of halogens is 2. The SMILES string of the molecule is CC[C@H](C)[C@@H](NS(=O)(=O)c1ccc(Br)cc1Cl)C(=O)OC. The summed E-state index contributed by atoms with van der Waals surface area (Å²) in [5.41, 5.74) is 0. The highest BCUT2D eigenvalue weighted by molar-refractivity contribution is 9.10. The van der Waals surface area contributed by atoms with Gasteiger partial charge in [-0.3, -0.25) is 4.79 Å². The van der Waals surface area contributed by atoms with Gasteiger partial charge in [-0.05, 0) is 24.1 Å². The molecule has 0 bridgehead atoms. The number of esters is 1. The lowest BCUT2D eigenvalue weighted by Crippen LogP contribution is -2.45. The van der Waals surface area contributed by atoms with E-state index in [0.717, 1.165) is 0 Å². The minimum absolute atomic E-state index is 0.0737. The third-order valence-electron chi connectivity index (χ3n) is 3.13. The van der Waals surface area contributed by atoms with Gasteiger partial charge in [0.25, 0.3) is 0 Å². The van der Waals surface area contributed by atoms with Crippen LogP contribution in [0.5, 0.6) is 0 Å². The lowest BCUT2D eigenvalue weighted by atomic mass is 10.0. The van der Waals surface area contributed by atoms with Crippen molar-refractivity contribution in [2.75, 3.05) is 7.11 Å². The van der Waals surface area contributed by atoms with Gasteiger partial charge in [-0.2, -0.15) is 4.72 Å². The van der Waals surface area contributed by atoms with E-state index in [0.29, 0.717) is 10.9 Å². The van der Waals surface area contributed by atoms with Crippen LogP contribution in [0.2, 0.25) is 5.02 Å². The van der Waals surface area contributed by atoms with Crippen LogP contribution in [0.3, 0.4) is 0 Å². The second-order valence-electron chi connectivity index (χ2n) is 4.58. The fourth-order valence-corrected chi connectivity index (χ4v) is 4.01. The maximum Gasteiger partial charge on any atom is 0.324 e. The van der Waals surface area contributed by atoms with Gasteiger partial charge in [-0.1, -0.05) is 47.8 Å². The molecule has 0 aliphatic heterocycles. The molecule has 0 aromatic heterocycles. The Morgan fingerprint density at radius 2 is 2.10 bits per heavy atom. The molecule has 0 aliphatic carbocycles. The van der Waals surface area contributed by atoms with E-state index in [-0.39, 0.29) is 15.8 Å². The second kappa shape index (κ2) is 7.58. The van der Waals surface area contributed by atoms with Crippen LogP contribution in [-0.4, -0.2) is 27.5 Å². The zero-order valence-corrected chi connectivity index (χ0v) is 15.0. The number of sulfonamides is 1. The minimum atomic E-state index is -3.92. The van der Waals surface area contributed by atoms with Gasteiger partial charge in [-0.25, -0.2) is 8.42 Å². The fourth-order valence-electron chi connectivity index (χ4n) is 1.68. The first-order valence-corrected chi connectivity index (χ1v) is 8.93. The normalized spacial score (nSPS) is 14.5. The summed E-state index contributed by atoms with van der Waals surface area (Å²) in [5, 5.41) is 0.0737. The number of hydrogen-bond donors (Lipinski definition) is 1. The molecule has 1 aromatic rings. The fraction of sp³-hybridized carbons (Fsp3) is 0.462. The maximum absolute atomic E-state index is 12.4. The average Bonchev–Trinajstić information content (AvgIpc) is 2.42. The van der Waals surface area contributed by atoms with E-state index in [4.69, 9.17) is 11.6 Å². The van der Waals surface area contributed by atoms with Crippen molar-refractivity contribution < 1.29 is 17.9 Å². The van der Waals surface area contributed by atoms with Crippen LogP contribution in [0, 0.1) is 5.92 Å². The molecule has 5 nitrogen and oxygen atoms in total. The van der Waals surface area contributed by atoms with E-state index in [1.54, 1.807) is 13.0 Å². The molecular formula is C13H17BrClNO4S. The lowest BCUT2D eigenvalue weighted by molar-refractivity contribution is -0.143. The van der Waals surface area contributed by atoms with Gasteiger partial charge < -0.3 is 4.74 Å². The Balaban J connectivity index is 3.14. The summed E-state index contributed by atoms with van der Waals surface area (Å²) in [6.07, 6.45) is 0.621. The first-order chi connectivity index (χ1) is 9.72. The largest absolute Gasteiger partial charge is 0.468 e. The number of benzene rings is 1. The predicted molar refractivity (Wildman–Crippen MR) is 84.7 cm³/mol. The van der Waals surface area contributed by atoms with Gasteiger partial charge in [0, 0.05) is 4.47 Å². The molecule has 0 unspecified atom stereocenters. The average molecular weight is 399 g/mol. The van der Waals surface area contributed by atoms with E-state index in [2.05, 4.69) is 25.4 Å². The number of methoxy groups -OCH3 is 1. The number of nitrogens with one attached hydrogen (secondary N) is 1. The van der Waals surface area contributed by atoms with Crippen molar-refractivity contribution in [2.24, 2.45) is 5.92 Å². The van der Waals surface area contributed by atoms with Crippen LogP contribution in [-0.2, 0) is 19.6 Å². The van der Waals surface area contributed by atoms with Crippen LogP contribution in [0.1, 0.15) is 20.3 Å². The van der Waals surface area contributed by atoms with Gasteiger partial charge in [0.15, 0.2) is 0 Å². The van der Waals surface area contributed by atoms with Crippen molar-refractivity contribution in [3.05, 3.63) is 27.7 Å². The third-order valence-corrected chi connectivity index (χ3v) is 5.55. The Kier molecular flexibility index (Phi) is 6.65. The molecule has 21 heavy (non-hydrogen) atoms. The Hall–Kier alpha value is -0.630. The van der Waals surface area contributed by atoms with Gasteiger partial charge in [0.1, 0.15) is 10.9 Å². The summed E-state index contributed by atoms with van der Waals surface area (Å²) in [6, 6.07) is 3.47. The van der Waals surface area contributed by atoms with Gasteiger partial charge in [0.2, 0.25) is 10.0 Å².